The van der Waals surface area contributed by atoms with Gasteiger partial charge < -0.3 is 9.64 Å². The first-order chi connectivity index (χ1) is 11.6. The van der Waals surface area contributed by atoms with E-state index >= 15 is 0 Å². The van der Waals surface area contributed by atoms with Crippen LogP contribution in [0, 0.1) is 0 Å². The van der Waals surface area contributed by atoms with Crippen LogP contribution in [-0.2, 0) is 16.1 Å². The van der Waals surface area contributed by atoms with Crippen molar-refractivity contribution in [2.24, 2.45) is 0 Å². The van der Waals surface area contributed by atoms with Gasteiger partial charge in [-0.2, -0.15) is 0 Å². The van der Waals surface area contributed by atoms with Gasteiger partial charge in [0.15, 0.2) is 0 Å². The van der Waals surface area contributed by atoms with Gasteiger partial charge in [-0.05, 0) is 37.6 Å². The number of allylic oxidation sites excluding steroid dienone is 1. The maximum absolute atomic E-state index is 12.3. The summed E-state index contributed by atoms with van der Waals surface area (Å²) in [5.74, 6) is -0.279. The number of carbonyl (C=O) groups excluding carboxylic acids is 1. The Balaban J connectivity index is 2.03. The number of anilines is 1. The summed E-state index contributed by atoms with van der Waals surface area (Å²) in [5.41, 5.74) is 2.98. The van der Waals surface area contributed by atoms with Crippen molar-refractivity contribution >= 4 is 35.0 Å². The van der Waals surface area contributed by atoms with Crippen LogP contribution in [0.25, 0.3) is 0 Å². The molecule has 0 aromatic heterocycles. The van der Waals surface area contributed by atoms with E-state index in [0.717, 1.165) is 26.9 Å². The maximum Gasteiger partial charge on any atom is 0.346 e. The van der Waals surface area contributed by atoms with Gasteiger partial charge in [0.2, 0.25) is 0 Å². The summed E-state index contributed by atoms with van der Waals surface area (Å²) < 4.78 is 5.22. The van der Waals surface area contributed by atoms with Gasteiger partial charge in [-0.15, -0.1) is 0 Å². The van der Waals surface area contributed by atoms with Gasteiger partial charge in [0.25, 0.3) is 0 Å². The fourth-order valence-corrected chi connectivity index (χ4v) is 3.89. The van der Waals surface area contributed by atoms with Crippen LogP contribution in [0.5, 0.6) is 0 Å². The van der Waals surface area contributed by atoms with Crippen molar-refractivity contribution < 1.29 is 9.53 Å². The summed E-state index contributed by atoms with van der Waals surface area (Å²) in [6.45, 7) is 4.73. The Morgan fingerprint density at radius 3 is 2.62 bits per heavy atom. The van der Waals surface area contributed by atoms with Gasteiger partial charge in [0.1, 0.15) is 4.91 Å². The monoisotopic (exact) mass is 359 g/mol. The Labute approximate surface area is 151 Å². The molecule has 0 fully saturated rings. The maximum atomic E-state index is 12.3. The van der Waals surface area contributed by atoms with E-state index in [1.165, 1.54) is 11.8 Å². The highest BCUT2D eigenvalue weighted by atomic mass is 35.5. The molecule has 3 rings (SSSR count). The molecule has 1 heterocycles. The number of rotatable bonds is 4. The molecule has 0 saturated heterocycles. The number of hydrogen-bond donors (Lipinski definition) is 0. The number of fused-ring (bicyclic) bond motifs is 1. The molecule has 0 spiro atoms. The second-order valence-corrected chi connectivity index (χ2v) is 6.84. The second kappa shape index (κ2) is 7.32. The van der Waals surface area contributed by atoms with Crippen molar-refractivity contribution in [3.63, 3.8) is 0 Å². The highest BCUT2D eigenvalue weighted by molar-refractivity contribution is 8.04. The third-order valence-corrected chi connectivity index (χ3v) is 5.45. The van der Waals surface area contributed by atoms with E-state index in [1.54, 1.807) is 0 Å². The summed E-state index contributed by atoms with van der Waals surface area (Å²) in [5, 5.41) is 0.721. The van der Waals surface area contributed by atoms with Crippen molar-refractivity contribution in [3.05, 3.63) is 69.7 Å². The minimum atomic E-state index is -0.279. The molecule has 0 bridgehead atoms. The van der Waals surface area contributed by atoms with Crippen LogP contribution in [0.4, 0.5) is 5.69 Å². The average molecular weight is 360 g/mol. The molecule has 0 atom stereocenters. The average Bonchev–Trinajstić information content (AvgIpc) is 2.59. The minimum absolute atomic E-state index is 0.279. The summed E-state index contributed by atoms with van der Waals surface area (Å²) in [7, 11) is 0. The number of hydrogen-bond acceptors (Lipinski definition) is 4. The lowest BCUT2D eigenvalue weighted by Crippen LogP contribution is -2.26. The van der Waals surface area contributed by atoms with E-state index in [-0.39, 0.29) is 5.97 Å². The molecule has 124 valence electrons. The van der Waals surface area contributed by atoms with E-state index in [4.69, 9.17) is 16.3 Å². The molecule has 2 aromatic rings. The largest absolute Gasteiger partial charge is 0.462 e. The highest BCUT2D eigenvalue weighted by Crippen LogP contribution is 2.44. The third-order valence-electron chi connectivity index (χ3n) is 3.85. The minimum Gasteiger partial charge on any atom is -0.462 e. The molecule has 0 N–H and O–H groups in total. The molecule has 0 aliphatic carbocycles. The fraction of sp³-hybridized carbons (Fsp3) is 0.211. The number of nitrogens with zero attached hydrogens (tertiary/aromatic N) is 1. The van der Waals surface area contributed by atoms with Gasteiger partial charge in [-0.25, -0.2) is 4.79 Å². The van der Waals surface area contributed by atoms with Crippen LogP contribution in [-0.4, -0.2) is 12.6 Å². The lowest BCUT2D eigenvalue weighted by molar-refractivity contribution is -0.137. The van der Waals surface area contributed by atoms with Crippen molar-refractivity contribution in [2.75, 3.05) is 11.5 Å². The Bertz CT molecular complexity index is 803. The van der Waals surface area contributed by atoms with E-state index in [1.807, 2.05) is 56.3 Å². The third kappa shape index (κ3) is 3.30. The number of halogens is 1. The molecule has 5 heteroatoms. The fourth-order valence-electron chi connectivity index (χ4n) is 2.64. The van der Waals surface area contributed by atoms with Crippen molar-refractivity contribution in [3.8, 4) is 0 Å². The van der Waals surface area contributed by atoms with Gasteiger partial charge in [-0.1, -0.05) is 53.7 Å². The van der Waals surface area contributed by atoms with Crippen LogP contribution in [0.15, 0.2) is 64.0 Å². The first-order valence-electron chi connectivity index (χ1n) is 7.77. The highest BCUT2D eigenvalue weighted by Gasteiger charge is 2.28. The molecule has 0 saturated carbocycles. The lowest BCUT2D eigenvalue weighted by atomic mass is 10.1. The van der Waals surface area contributed by atoms with E-state index in [0.29, 0.717) is 18.1 Å². The van der Waals surface area contributed by atoms with Crippen molar-refractivity contribution in [1.29, 1.82) is 0 Å². The van der Waals surface area contributed by atoms with Crippen LogP contribution < -0.4 is 4.90 Å². The van der Waals surface area contributed by atoms with E-state index in [9.17, 15) is 4.79 Å². The predicted molar refractivity (Wildman–Crippen MR) is 99.3 cm³/mol. The standard InChI is InChI=1S/C19H18ClNO2S/c1-3-23-19(22)18-13(2)21(12-14-8-4-5-9-15(14)20)16-10-6-7-11-17(16)24-18/h4-11H,3,12H2,1-2H3. The molecule has 3 nitrogen and oxygen atoms in total. The molecule has 24 heavy (non-hydrogen) atoms. The van der Waals surface area contributed by atoms with E-state index in [2.05, 4.69) is 11.0 Å². The number of para-hydroxylation sites is 1. The molecule has 1 aliphatic heterocycles. The lowest BCUT2D eigenvalue weighted by Gasteiger charge is -2.33. The predicted octanol–water partition coefficient (Wildman–Crippen LogP) is 5.25. The van der Waals surface area contributed by atoms with Crippen LogP contribution in [0.2, 0.25) is 5.02 Å². The number of esters is 1. The zero-order valence-electron chi connectivity index (χ0n) is 13.6. The molecule has 1 aliphatic rings. The molecule has 0 amide bonds. The smallest absolute Gasteiger partial charge is 0.346 e. The van der Waals surface area contributed by atoms with Crippen molar-refractivity contribution in [1.82, 2.24) is 0 Å². The van der Waals surface area contributed by atoms with Gasteiger partial charge in [0.05, 0.1) is 12.3 Å². The van der Waals surface area contributed by atoms with Gasteiger partial charge >= 0.3 is 5.97 Å². The first-order valence-corrected chi connectivity index (χ1v) is 8.97. The Hall–Kier alpha value is -1.91. The number of benzene rings is 2. The molecule has 2 aromatic carbocycles. The summed E-state index contributed by atoms with van der Waals surface area (Å²) in [4.78, 5) is 16.1. The SMILES string of the molecule is CCOC(=O)C1=C(C)N(Cc2ccccc2Cl)c2ccccc2S1. The normalized spacial score (nSPS) is 13.7. The van der Waals surface area contributed by atoms with Gasteiger partial charge in [0, 0.05) is 22.2 Å². The number of ether oxygens (including phenoxy) is 1. The number of thioether (sulfide) groups is 1. The van der Waals surface area contributed by atoms with Crippen LogP contribution in [0.1, 0.15) is 19.4 Å². The zero-order valence-corrected chi connectivity index (χ0v) is 15.2. The van der Waals surface area contributed by atoms with E-state index < -0.39 is 0 Å². The second-order valence-electron chi connectivity index (χ2n) is 5.38. The Morgan fingerprint density at radius 1 is 1.17 bits per heavy atom. The zero-order chi connectivity index (χ0) is 17.1. The summed E-state index contributed by atoms with van der Waals surface area (Å²) in [6, 6.07) is 15.8. The summed E-state index contributed by atoms with van der Waals surface area (Å²) in [6.07, 6.45) is 0. The van der Waals surface area contributed by atoms with Crippen LogP contribution in [0.3, 0.4) is 0 Å². The topological polar surface area (TPSA) is 29.5 Å². The first kappa shape index (κ1) is 16.9. The quantitative estimate of drug-likeness (QED) is 0.697. The van der Waals surface area contributed by atoms with Gasteiger partial charge in [-0.3, -0.25) is 0 Å². The number of carbonyl (C=O) groups is 1. The molecule has 0 unspecified atom stereocenters. The molecular weight excluding hydrogens is 342 g/mol. The molecule has 0 radical (unpaired) electrons. The molecular formula is C19H18ClNO2S. The summed E-state index contributed by atoms with van der Waals surface area (Å²) >= 11 is 7.79. The Kier molecular flexibility index (Phi) is 5.17. The van der Waals surface area contributed by atoms with Crippen LogP contribution >= 0.6 is 23.4 Å². The Morgan fingerprint density at radius 2 is 1.88 bits per heavy atom. The van der Waals surface area contributed by atoms with Crippen molar-refractivity contribution in [2.45, 2.75) is 25.3 Å².